The van der Waals surface area contributed by atoms with Crippen molar-refractivity contribution in [3.63, 3.8) is 0 Å². The van der Waals surface area contributed by atoms with Crippen LogP contribution in [0.1, 0.15) is 15.9 Å². The molecule has 0 aliphatic rings. The number of nitrogens with zero attached hydrogens (tertiary/aromatic N) is 1. The van der Waals surface area contributed by atoms with Crippen LogP contribution < -0.4 is 5.32 Å². The van der Waals surface area contributed by atoms with Gasteiger partial charge in [-0.1, -0.05) is 23.5 Å². The van der Waals surface area contributed by atoms with E-state index in [9.17, 15) is 22.4 Å². The van der Waals surface area contributed by atoms with Gasteiger partial charge in [0.25, 0.3) is 5.91 Å². The van der Waals surface area contributed by atoms with Crippen LogP contribution in [-0.2, 0) is 6.18 Å². The van der Waals surface area contributed by atoms with E-state index in [0.717, 1.165) is 23.5 Å². The van der Waals surface area contributed by atoms with E-state index in [1.54, 1.807) is 0 Å². The molecule has 0 aliphatic heterocycles. The van der Waals surface area contributed by atoms with Crippen LogP contribution in [0.25, 0.3) is 10.2 Å². The monoisotopic (exact) mass is 340 g/mol. The van der Waals surface area contributed by atoms with Gasteiger partial charge in [-0.2, -0.15) is 13.2 Å². The van der Waals surface area contributed by atoms with Crippen LogP contribution in [0.5, 0.6) is 0 Å². The number of alkyl halides is 3. The number of nitrogens with one attached hydrogen (secondary N) is 1. The lowest BCUT2D eigenvalue weighted by molar-refractivity contribution is -0.137. The molecule has 3 aromatic rings. The molecule has 0 unspecified atom stereocenters. The van der Waals surface area contributed by atoms with Gasteiger partial charge in [0, 0.05) is 0 Å². The molecule has 2 aromatic carbocycles. The van der Waals surface area contributed by atoms with E-state index in [1.807, 2.05) is 0 Å². The third-order valence-corrected chi connectivity index (χ3v) is 3.98. The summed E-state index contributed by atoms with van der Waals surface area (Å²) in [4.78, 5) is 16.2. The summed E-state index contributed by atoms with van der Waals surface area (Å²) in [7, 11) is 0. The number of carbonyl (C=O) groups excluding carboxylic acids is 1. The Morgan fingerprint density at radius 3 is 2.61 bits per heavy atom. The van der Waals surface area contributed by atoms with Crippen LogP contribution in [0.2, 0.25) is 0 Å². The summed E-state index contributed by atoms with van der Waals surface area (Å²) in [5, 5.41) is 2.43. The predicted molar refractivity (Wildman–Crippen MR) is 79.0 cm³/mol. The summed E-state index contributed by atoms with van der Waals surface area (Å²) in [6.45, 7) is 0. The SMILES string of the molecule is O=C(Nc1nc2ccc(F)cc2s1)c1ccccc1C(F)(F)F. The molecule has 23 heavy (non-hydrogen) atoms. The molecule has 0 bridgehead atoms. The van der Waals surface area contributed by atoms with Crippen LogP contribution in [0.4, 0.5) is 22.7 Å². The van der Waals surface area contributed by atoms with E-state index >= 15 is 0 Å². The summed E-state index contributed by atoms with van der Waals surface area (Å²) in [6.07, 6.45) is -4.63. The molecule has 0 spiro atoms. The van der Waals surface area contributed by atoms with E-state index in [4.69, 9.17) is 0 Å². The highest BCUT2D eigenvalue weighted by Gasteiger charge is 2.34. The highest BCUT2D eigenvalue weighted by molar-refractivity contribution is 7.22. The first-order chi connectivity index (χ1) is 10.8. The van der Waals surface area contributed by atoms with E-state index in [-0.39, 0.29) is 5.13 Å². The summed E-state index contributed by atoms with van der Waals surface area (Å²) < 4.78 is 52.4. The molecule has 3 rings (SSSR count). The highest BCUT2D eigenvalue weighted by atomic mass is 32.1. The molecule has 0 saturated heterocycles. The first-order valence-electron chi connectivity index (χ1n) is 6.38. The molecule has 1 heterocycles. The summed E-state index contributed by atoms with van der Waals surface area (Å²) >= 11 is 0.983. The number of benzene rings is 2. The van der Waals surface area contributed by atoms with Crippen LogP contribution in [0.15, 0.2) is 42.5 Å². The van der Waals surface area contributed by atoms with Crippen molar-refractivity contribution in [2.75, 3.05) is 5.32 Å². The van der Waals surface area contributed by atoms with E-state index in [2.05, 4.69) is 10.3 Å². The van der Waals surface area contributed by atoms with Crippen LogP contribution in [-0.4, -0.2) is 10.9 Å². The van der Waals surface area contributed by atoms with Crippen molar-refractivity contribution in [1.82, 2.24) is 4.98 Å². The first-order valence-corrected chi connectivity index (χ1v) is 7.20. The third-order valence-electron chi connectivity index (χ3n) is 3.05. The van der Waals surface area contributed by atoms with Gasteiger partial charge >= 0.3 is 6.18 Å². The second kappa shape index (κ2) is 5.62. The van der Waals surface area contributed by atoms with Gasteiger partial charge in [-0.3, -0.25) is 10.1 Å². The molecule has 0 saturated carbocycles. The molecule has 118 valence electrons. The van der Waals surface area contributed by atoms with Gasteiger partial charge in [-0.25, -0.2) is 9.37 Å². The van der Waals surface area contributed by atoms with Crippen LogP contribution >= 0.6 is 11.3 Å². The second-order valence-corrected chi connectivity index (χ2v) is 5.66. The van der Waals surface area contributed by atoms with Crippen molar-refractivity contribution in [3.8, 4) is 0 Å². The maximum Gasteiger partial charge on any atom is 0.417 e. The molecular weight excluding hydrogens is 332 g/mol. The van der Waals surface area contributed by atoms with E-state index < -0.39 is 29.0 Å². The maximum absolute atomic E-state index is 13.1. The number of rotatable bonds is 2. The zero-order chi connectivity index (χ0) is 16.6. The quantitative estimate of drug-likeness (QED) is 0.687. The second-order valence-electron chi connectivity index (χ2n) is 4.63. The Morgan fingerprint density at radius 2 is 1.87 bits per heavy atom. The Morgan fingerprint density at radius 1 is 1.13 bits per heavy atom. The fraction of sp³-hybridized carbons (Fsp3) is 0.0667. The van der Waals surface area contributed by atoms with Crippen molar-refractivity contribution in [3.05, 3.63) is 59.4 Å². The van der Waals surface area contributed by atoms with Crippen molar-refractivity contribution >= 4 is 32.6 Å². The third kappa shape index (κ3) is 3.16. The number of fused-ring (bicyclic) bond motifs is 1. The summed E-state index contributed by atoms with van der Waals surface area (Å²) in [6, 6.07) is 8.37. The first kappa shape index (κ1) is 15.4. The zero-order valence-corrected chi connectivity index (χ0v) is 12.1. The Balaban J connectivity index is 1.92. The van der Waals surface area contributed by atoms with Gasteiger partial charge < -0.3 is 0 Å². The molecule has 1 N–H and O–H groups in total. The minimum absolute atomic E-state index is 0.104. The number of anilines is 1. The summed E-state index contributed by atoms with van der Waals surface area (Å²) in [5.41, 5.74) is -1.06. The minimum Gasteiger partial charge on any atom is -0.298 e. The predicted octanol–water partition coefficient (Wildman–Crippen LogP) is 4.71. The summed E-state index contributed by atoms with van der Waals surface area (Å²) in [5.74, 6) is -1.38. The normalized spacial score (nSPS) is 11.7. The Hall–Kier alpha value is -2.48. The lowest BCUT2D eigenvalue weighted by Gasteiger charge is -2.11. The topological polar surface area (TPSA) is 42.0 Å². The zero-order valence-electron chi connectivity index (χ0n) is 11.3. The van der Waals surface area contributed by atoms with Crippen molar-refractivity contribution < 1.29 is 22.4 Å². The van der Waals surface area contributed by atoms with Gasteiger partial charge in [0.1, 0.15) is 5.82 Å². The average molecular weight is 340 g/mol. The lowest BCUT2D eigenvalue weighted by Crippen LogP contribution is -2.18. The standard InChI is InChI=1S/C15H8F4N2OS/c16-8-5-6-11-12(7-8)23-14(20-11)21-13(22)9-3-1-2-4-10(9)15(17,18)19/h1-7H,(H,20,21,22). The Kier molecular flexibility index (Phi) is 3.77. The Labute approximate surface area is 131 Å². The highest BCUT2D eigenvalue weighted by Crippen LogP contribution is 2.33. The molecule has 3 nitrogen and oxygen atoms in total. The molecule has 1 amide bonds. The van der Waals surface area contributed by atoms with Gasteiger partial charge in [-0.05, 0) is 30.3 Å². The molecule has 0 radical (unpaired) electrons. The smallest absolute Gasteiger partial charge is 0.298 e. The molecule has 0 atom stereocenters. The Bertz CT molecular complexity index is 889. The molecule has 0 aliphatic carbocycles. The fourth-order valence-electron chi connectivity index (χ4n) is 2.04. The molecular formula is C15H8F4N2OS. The van der Waals surface area contributed by atoms with Crippen molar-refractivity contribution in [2.24, 2.45) is 0 Å². The number of hydrogen-bond donors (Lipinski definition) is 1. The number of aromatic nitrogens is 1. The van der Waals surface area contributed by atoms with Gasteiger partial charge in [-0.15, -0.1) is 0 Å². The minimum atomic E-state index is -4.63. The number of carbonyl (C=O) groups is 1. The van der Waals surface area contributed by atoms with E-state index in [0.29, 0.717) is 10.2 Å². The lowest BCUT2D eigenvalue weighted by atomic mass is 10.1. The van der Waals surface area contributed by atoms with Gasteiger partial charge in [0.15, 0.2) is 5.13 Å². The fourth-order valence-corrected chi connectivity index (χ4v) is 2.93. The molecule has 1 aromatic heterocycles. The number of halogens is 4. The van der Waals surface area contributed by atoms with E-state index in [1.165, 1.54) is 30.3 Å². The van der Waals surface area contributed by atoms with Crippen LogP contribution in [0.3, 0.4) is 0 Å². The largest absolute Gasteiger partial charge is 0.417 e. The molecule has 0 fully saturated rings. The number of hydrogen-bond acceptors (Lipinski definition) is 3. The van der Waals surface area contributed by atoms with Gasteiger partial charge in [0.2, 0.25) is 0 Å². The van der Waals surface area contributed by atoms with Crippen LogP contribution in [0, 0.1) is 5.82 Å². The maximum atomic E-state index is 13.1. The number of thiazole rings is 1. The van der Waals surface area contributed by atoms with Gasteiger partial charge in [0.05, 0.1) is 21.3 Å². The van der Waals surface area contributed by atoms with Crippen molar-refractivity contribution in [1.29, 1.82) is 0 Å². The molecule has 8 heteroatoms. The number of amides is 1. The van der Waals surface area contributed by atoms with Crippen molar-refractivity contribution in [2.45, 2.75) is 6.18 Å². The average Bonchev–Trinajstić information content (AvgIpc) is 2.87.